The lowest BCUT2D eigenvalue weighted by atomic mass is 9.85. The van der Waals surface area contributed by atoms with Crippen molar-refractivity contribution in [2.24, 2.45) is 11.8 Å². The van der Waals surface area contributed by atoms with Gasteiger partial charge in [-0.1, -0.05) is 72.8 Å². The Labute approximate surface area is 326 Å². The molecule has 3 aliphatic rings. The smallest absolute Gasteiger partial charge is 0.410 e. The number of benzene rings is 4. The Bertz CT molecular complexity index is 1940. The fourth-order valence-electron chi connectivity index (χ4n) is 7.15. The fourth-order valence-corrected chi connectivity index (χ4v) is 7.15. The summed E-state index contributed by atoms with van der Waals surface area (Å²) in [5.41, 5.74) is 4.11. The number of amides is 2. The number of piperidine rings is 1. The molecule has 3 saturated heterocycles. The second-order valence-corrected chi connectivity index (χ2v) is 15.3. The highest BCUT2D eigenvalue weighted by atomic mass is 16.7. The summed E-state index contributed by atoms with van der Waals surface area (Å²) < 4.78 is 40.4. The standard InChI is InChI=1S/C44H48N2O10/c1-44(2,3)56-43(49)46-23-35-27-50-28-36(24-46)39(35)55-42(48)45-38(31-10-5-4-6-11-31)33-12-8-14-37(22-33)53-25-29-15-17-32(18-16-29)40(47)54-26-30-9-7-13-34(21-30)41-51-19-20-52-41/h4-18,21-22,35-36,38-39,41H,19-20,23-28H2,1-3H3,(H,45,48). The molecule has 56 heavy (non-hydrogen) atoms. The second kappa shape index (κ2) is 17.6. The minimum atomic E-state index is -0.607. The van der Waals surface area contributed by atoms with Gasteiger partial charge in [-0.15, -0.1) is 0 Å². The van der Waals surface area contributed by atoms with Crippen LogP contribution in [0, 0.1) is 11.8 Å². The zero-order valence-electron chi connectivity index (χ0n) is 31.9. The number of alkyl carbamates (subject to hydrolysis) is 1. The summed E-state index contributed by atoms with van der Waals surface area (Å²) in [6.45, 7) is 8.53. The maximum Gasteiger partial charge on any atom is 0.410 e. The minimum Gasteiger partial charge on any atom is -0.489 e. The van der Waals surface area contributed by atoms with E-state index in [1.807, 2.05) is 112 Å². The van der Waals surface area contributed by atoms with Gasteiger partial charge in [0.25, 0.3) is 0 Å². The number of likely N-dealkylation sites (tertiary alicyclic amines) is 1. The first-order valence-corrected chi connectivity index (χ1v) is 19.0. The maximum atomic E-state index is 13.6. The van der Waals surface area contributed by atoms with Gasteiger partial charge < -0.3 is 43.4 Å². The number of esters is 1. The number of nitrogens with one attached hydrogen (secondary N) is 1. The van der Waals surface area contributed by atoms with Crippen LogP contribution in [0.1, 0.15) is 71.3 Å². The zero-order valence-corrected chi connectivity index (χ0v) is 31.9. The normalized spacial score (nSPS) is 20.1. The summed E-state index contributed by atoms with van der Waals surface area (Å²) in [6, 6.07) is 31.4. The molecule has 4 aromatic rings. The van der Waals surface area contributed by atoms with Crippen molar-refractivity contribution in [3.05, 3.63) is 137 Å². The van der Waals surface area contributed by atoms with Gasteiger partial charge in [-0.2, -0.15) is 0 Å². The van der Waals surface area contributed by atoms with E-state index in [9.17, 15) is 14.4 Å². The molecule has 0 radical (unpaired) electrons. The van der Waals surface area contributed by atoms with E-state index in [-0.39, 0.29) is 37.4 Å². The minimum absolute atomic E-state index is 0.127. The molecule has 0 saturated carbocycles. The largest absolute Gasteiger partial charge is 0.489 e. The summed E-state index contributed by atoms with van der Waals surface area (Å²) in [5, 5.41) is 3.09. The number of hydrogen-bond acceptors (Lipinski definition) is 10. The molecule has 3 heterocycles. The third kappa shape index (κ3) is 10.1. The van der Waals surface area contributed by atoms with Gasteiger partial charge in [0.2, 0.25) is 0 Å². The highest BCUT2D eigenvalue weighted by Crippen LogP contribution is 2.32. The van der Waals surface area contributed by atoms with Crippen molar-refractivity contribution in [2.45, 2.75) is 58.0 Å². The Morgan fingerprint density at radius 3 is 2.20 bits per heavy atom. The van der Waals surface area contributed by atoms with Gasteiger partial charge in [0.05, 0.1) is 38.0 Å². The highest BCUT2D eigenvalue weighted by molar-refractivity contribution is 5.89. The van der Waals surface area contributed by atoms with E-state index in [1.165, 1.54) is 0 Å². The first-order chi connectivity index (χ1) is 27.1. The Morgan fingerprint density at radius 2 is 1.48 bits per heavy atom. The van der Waals surface area contributed by atoms with E-state index in [0.29, 0.717) is 50.8 Å². The van der Waals surface area contributed by atoms with Crippen molar-refractivity contribution in [2.75, 3.05) is 39.5 Å². The topological polar surface area (TPSA) is 131 Å². The fraction of sp³-hybridized carbons (Fsp3) is 0.386. The lowest BCUT2D eigenvalue weighted by molar-refractivity contribution is -0.124. The van der Waals surface area contributed by atoms with Crippen LogP contribution in [-0.2, 0) is 41.6 Å². The molecule has 0 aliphatic carbocycles. The van der Waals surface area contributed by atoms with Crippen LogP contribution in [0.2, 0.25) is 0 Å². The molecule has 2 bridgehead atoms. The Kier molecular flexibility index (Phi) is 12.2. The molecular formula is C44H48N2O10. The first-order valence-electron chi connectivity index (χ1n) is 19.0. The van der Waals surface area contributed by atoms with Crippen molar-refractivity contribution in [3.8, 4) is 5.75 Å². The lowest BCUT2D eigenvalue weighted by Crippen LogP contribution is -2.59. The Hall–Kier alpha value is -5.43. The second-order valence-electron chi connectivity index (χ2n) is 15.3. The number of ether oxygens (including phenoxy) is 7. The molecular weight excluding hydrogens is 716 g/mol. The van der Waals surface area contributed by atoms with E-state index in [4.69, 9.17) is 33.2 Å². The Balaban J connectivity index is 0.950. The predicted octanol–water partition coefficient (Wildman–Crippen LogP) is 7.37. The van der Waals surface area contributed by atoms with Crippen LogP contribution in [0.4, 0.5) is 9.59 Å². The van der Waals surface area contributed by atoms with Crippen molar-refractivity contribution in [1.82, 2.24) is 10.2 Å². The SMILES string of the molecule is CC(C)(C)OC(=O)N1CC2COCC(C1)C2OC(=O)NC(c1ccccc1)c1cccc(OCc2ccc(C(=O)OCc3cccc(C4OCCO4)c3)cc2)c1. The van der Waals surface area contributed by atoms with E-state index in [2.05, 4.69) is 5.32 Å². The zero-order chi connectivity index (χ0) is 39.1. The van der Waals surface area contributed by atoms with Crippen LogP contribution in [0.3, 0.4) is 0 Å². The molecule has 0 spiro atoms. The summed E-state index contributed by atoms with van der Waals surface area (Å²) >= 11 is 0. The van der Waals surface area contributed by atoms with Crippen LogP contribution in [0.25, 0.3) is 0 Å². The van der Waals surface area contributed by atoms with Crippen molar-refractivity contribution in [3.63, 3.8) is 0 Å². The third-order valence-corrected chi connectivity index (χ3v) is 9.79. The van der Waals surface area contributed by atoms with Gasteiger partial charge in [0.1, 0.15) is 30.7 Å². The number of nitrogens with zero attached hydrogens (tertiary/aromatic N) is 1. The number of carbonyl (C=O) groups is 3. The van der Waals surface area contributed by atoms with Gasteiger partial charge in [-0.25, -0.2) is 14.4 Å². The van der Waals surface area contributed by atoms with E-state index in [1.54, 1.807) is 17.0 Å². The van der Waals surface area contributed by atoms with Gasteiger partial charge >= 0.3 is 18.2 Å². The average Bonchev–Trinajstić information content (AvgIpc) is 3.74. The summed E-state index contributed by atoms with van der Waals surface area (Å²) in [4.78, 5) is 40.9. The van der Waals surface area contributed by atoms with Crippen LogP contribution >= 0.6 is 0 Å². The van der Waals surface area contributed by atoms with Crippen LogP contribution < -0.4 is 10.1 Å². The molecule has 1 N–H and O–H groups in total. The van der Waals surface area contributed by atoms with Crippen LogP contribution in [0.15, 0.2) is 103 Å². The van der Waals surface area contributed by atoms with Gasteiger partial charge in [0, 0.05) is 30.5 Å². The summed E-state index contributed by atoms with van der Waals surface area (Å²) in [5.74, 6) is -0.172. The molecule has 2 amide bonds. The molecule has 0 aromatic heterocycles. The molecule has 12 nitrogen and oxygen atoms in total. The molecule has 12 heteroatoms. The Morgan fingerprint density at radius 1 is 0.786 bits per heavy atom. The van der Waals surface area contributed by atoms with Crippen LogP contribution in [-0.4, -0.2) is 74.3 Å². The van der Waals surface area contributed by atoms with Crippen molar-refractivity contribution < 1.29 is 47.5 Å². The quantitative estimate of drug-likeness (QED) is 0.122. The monoisotopic (exact) mass is 764 g/mol. The molecule has 7 rings (SSSR count). The van der Waals surface area contributed by atoms with Crippen molar-refractivity contribution >= 4 is 18.2 Å². The van der Waals surface area contributed by atoms with E-state index >= 15 is 0 Å². The molecule has 294 valence electrons. The number of hydrogen-bond donors (Lipinski definition) is 1. The third-order valence-electron chi connectivity index (χ3n) is 9.79. The number of fused-ring (bicyclic) bond motifs is 2. The van der Waals surface area contributed by atoms with Crippen LogP contribution in [0.5, 0.6) is 5.75 Å². The van der Waals surface area contributed by atoms with Gasteiger partial charge in [-0.05, 0) is 73.4 Å². The van der Waals surface area contributed by atoms with Gasteiger partial charge in [0.15, 0.2) is 6.29 Å². The first kappa shape index (κ1) is 38.8. The predicted molar refractivity (Wildman–Crippen MR) is 205 cm³/mol. The highest BCUT2D eigenvalue weighted by Gasteiger charge is 2.45. The lowest BCUT2D eigenvalue weighted by Gasteiger charge is -2.46. The molecule has 4 aromatic carbocycles. The summed E-state index contributed by atoms with van der Waals surface area (Å²) in [6.07, 6.45) is -1.73. The van der Waals surface area contributed by atoms with E-state index in [0.717, 1.165) is 27.8 Å². The van der Waals surface area contributed by atoms with E-state index < -0.39 is 29.8 Å². The molecule has 3 aliphatic heterocycles. The number of carbonyl (C=O) groups excluding carboxylic acids is 3. The number of rotatable bonds is 11. The van der Waals surface area contributed by atoms with Crippen molar-refractivity contribution in [1.29, 1.82) is 0 Å². The molecule has 3 fully saturated rings. The molecule has 3 unspecified atom stereocenters. The average molecular weight is 765 g/mol. The molecule has 3 atom stereocenters. The summed E-state index contributed by atoms with van der Waals surface area (Å²) in [7, 11) is 0. The maximum absolute atomic E-state index is 13.6. The van der Waals surface area contributed by atoms with Gasteiger partial charge in [-0.3, -0.25) is 0 Å².